The maximum Gasteiger partial charge on any atom is 0.255 e. The van der Waals surface area contributed by atoms with Crippen LogP contribution in [0.1, 0.15) is 27.6 Å². The third-order valence-corrected chi connectivity index (χ3v) is 6.68. The van der Waals surface area contributed by atoms with E-state index in [9.17, 15) is 17.6 Å². The molecule has 3 rings (SSSR count). The van der Waals surface area contributed by atoms with Crippen LogP contribution in [0.25, 0.3) is 0 Å². The van der Waals surface area contributed by atoms with Gasteiger partial charge in [-0.1, -0.05) is 29.8 Å². The maximum atomic E-state index is 13.3. The van der Waals surface area contributed by atoms with Gasteiger partial charge in [0.1, 0.15) is 5.82 Å². The number of pyridine rings is 1. The van der Waals surface area contributed by atoms with E-state index in [-0.39, 0.29) is 30.8 Å². The average Bonchev–Trinajstić information content (AvgIpc) is 2.73. The first-order valence-corrected chi connectivity index (χ1v) is 9.83. The van der Waals surface area contributed by atoms with Gasteiger partial charge in [-0.05, 0) is 24.1 Å². The zero-order valence-electron chi connectivity index (χ0n) is 13.2. The Bertz CT molecular complexity index is 904. The number of carbonyl (C=O) groups is 1. The molecule has 2 heterocycles. The average molecular weight is 383 g/mol. The van der Waals surface area contributed by atoms with Crippen molar-refractivity contribution in [1.82, 2.24) is 9.88 Å². The number of benzene rings is 1. The van der Waals surface area contributed by atoms with Crippen molar-refractivity contribution in [2.24, 2.45) is 0 Å². The van der Waals surface area contributed by atoms with Gasteiger partial charge in [0, 0.05) is 24.3 Å². The van der Waals surface area contributed by atoms with Gasteiger partial charge in [0.25, 0.3) is 5.91 Å². The van der Waals surface area contributed by atoms with Crippen molar-refractivity contribution in [3.63, 3.8) is 0 Å². The topological polar surface area (TPSA) is 67.3 Å². The molecule has 2 aromatic rings. The summed E-state index contributed by atoms with van der Waals surface area (Å²) in [6.45, 7) is 0.295. The summed E-state index contributed by atoms with van der Waals surface area (Å²) in [5.41, 5.74) is 0.652. The molecule has 132 valence electrons. The predicted molar refractivity (Wildman–Crippen MR) is 92.7 cm³/mol. The second-order valence-electron chi connectivity index (χ2n) is 5.85. The Labute approximate surface area is 150 Å². The van der Waals surface area contributed by atoms with Gasteiger partial charge >= 0.3 is 0 Å². The highest BCUT2D eigenvalue weighted by Gasteiger charge is 2.34. The third-order valence-electron chi connectivity index (χ3n) is 4.23. The highest BCUT2D eigenvalue weighted by atomic mass is 35.5. The standard InChI is InChI=1S/C17H16ClFN2O3S/c18-15-4-2-1-3-14(15)16-5-6-21(7-8-25(16,23)24)17(22)12-9-13(19)11-20-10-12/h1-4,9-11,16H,5-8H2. The van der Waals surface area contributed by atoms with E-state index in [1.54, 1.807) is 24.3 Å². The fourth-order valence-electron chi connectivity index (χ4n) is 2.94. The molecular weight excluding hydrogens is 367 g/mol. The molecule has 1 atom stereocenters. The number of halogens is 2. The highest BCUT2D eigenvalue weighted by molar-refractivity contribution is 7.91. The largest absolute Gasteiger partial charge is 0.338 e. The van der Waals surface area contributed by atoms with Gasteiger partial charge in [0.05, 0.1) is 22.8 Å². The van der Waals surface area contributed by atoms with Crippen molar-refractivity contribution in [3.05, 3.63) is 64.7 Å². The van der Waals surface area contributed by atoms with Crippen LogP contribution in [-0.2, 0) is 9.84 Å². The van der Waals surface area contributed by atoms with Gasteiger partial charge in [-0.2, -0.15) is 0 Å². The summed E-state index contributed by atoms with van der Waals surface area (Å²) in [5, 5.41) is -0.366. The molecule has 1 aliphatic heterocycles. The van der Waals surface area contributed by atoms with Gasteiger partial charge in [-0.3, -0.25) is 9.78 Å². The summed E-state index contributed by atoms with van der Waals surface area (Å²) in [7, 11) is -3.46. The predicted octanol–water partition coefficient (Wildman–Crippen LogP) is 2.88. The molecule has 1 amide bonds. The van der Waals surface area contributed by atoms with Gasteiger partial charge in [0.2, 0.25) is 0 Å². The number of aromatic nitrogens is 1. The molecule has 0 saturated carbocycles. The lowest BCUT2D eigenvalue weighted by Crippen LogP contribution is -2.33. The van der Waals surface area contributed by atoms with Crippen LogP contribution in [-0.4, -0.2) is 43.1 Å². The van der Waals surface area contributed by atoms with Crippen molar-refractivity contribution in [3.8, 4) is 0 Å². The molecule has 0 radical (unpaired) electrons. The number of hydrogen-bond acceptors (Lipinski definition) is 4. The van der Waals surface area contributed by atoms with Crippen molar-refractivity contribution >= 4 is 27.3 Å². The summed E-state index contributed by atoms with van der Waals surface area (Å²) in [6, 6.07) is 7.92. The molecule has 1 aromatic heterocycles. The van der Waals surface area contributed by atoms with Crippen LogP contribution in [0.5, 0.6) is 0 Å². The van der Waals surface area contributed by atoms with E-state index in [0.717, 1.165) is 12.3 Å². The summed E-state index contributed by atoms with van der Waals surface area (Å²) in [4.78, 5) is 17.6. The Morgan fingerprint density at radius 2 is 2.00 bits per heavy atom. The van der Waals surface area contributed by atoms with E-state index in [0.29, 0.717) is 10.6 Å². The van der Waals surface area contributed by atoms with E-state index < -0.39 is 26.8 Å². The first-order valence-electron chi connectivity index (χ1n) is 7.74. The van der Waals surface area contributed by atoms with E-state index in [4.69, 9.17) is 11.6 Å². The molecule has 0 aliphatic carbocycles. The van der Waals surface area contributed by atoms with Crippen molar-refractivity contribution < 1.29 is 17.6 Å². The minimum absolute atomic E-state index is 0.0542. The molecular formula is C17H16ClFN2O3S. The third kappa shape index (κ3) is 3.82. The molecule has 1 aromatic carbocycles. The second kappa shape index (κ2) is 7.09. The molecule has 1 aliphatic rings. The Kier molecular flexibility index (Phi) is 5.06. The SMILES string of the molecule is O=C(c1cncc(F)c1)N1CCC(c2ccccc2Cl)S(=O)(=O)CC1. The first-order chi connectivity index (χ1) is 11.9. The molecule has 5 nitrogen and oxygen atoms in total. The van der Waals surface area contributed by atoms with Gasteiger partial charge in [-0.25, -0.2) is 12.8 Å². The maximum absolute atomic E-state index is 13.3. The lowest BCUT2D eigenvalue weighted by atomic mass is 10.1. The van der Waals surface area contributed by atoms with Gasteiger partial charge in [-0.15, -0.1) is 0 Å². The van der Waals surface area contributed by atoms with E-state index >= 15 is 0 Å². The van der Waals surface area contributed by atoms with Gasteiger partial charge in [0.15, 0.2) is 9.84 Å². The number of sulfone groups is 1. The number of hydrogen-bond donors (Lipinski definition) is 0. The Morgan fingerprint density at radius 1 is 1.24 bits per heavy atom. The van der Waals surface area contributed by atoms with Gasteiger partial charge < -0.3 is 4.90 Å². The van der Waals surface area contributed by atoms with E-state index in [1.165, 1.54) is 11.1 Å². The summed E-state index contributed by atoms with van der Waals surface area (Å²) < 4.78 is 38.6. The van der Waals surface area contributed by atoms with Crippen LogP contribution in [0.3, 0.4) is 0 Å². The monoisotopic (exact) mass is 382 g/mol. The van der Waals surface area contributed by atoms with Crippen LogP contribution in [0.15, 0.2) is 42.7 Å². The minimum atomic E-state index is -3.46. The van der Waals surface area contributed by atoms with Crippen molar-refractivity contribution in [2.45, 2.75) is 11.7 Å². The van der Waals surface area contributed by atoms with Crippen LogP contribution in [0.2, 0.25) is 5.02 Å². The Balaban J connectivity index is 1.85. The fourth-order valence-corrected chi connectivity index (χ4v) is 5.09. The second-order valence-corrected chi connectivity index (χ2v) is 8.56. The number of rotatable bonds is 2. The smallest absolute Gasteiger partial charge is 0.255 e. The zero-order chi connectivity index (χ0) is 18.0. The van der Waals surface area contributed by atoms with Crippen LogP contribution in [0, 0.1) is 5.82 Å². The molecule has 0 spiro atoms. The van der Waals surface area contributed by atoms with Crippen LogP contribution < -0.4 is 0 Å². The van der Waals surface area contributed by atoms with Crippen LogP contribution in [0.4, 0.5) is 4.39 Å². The molecule has 1 fully saturated rings. The lowest BCUT2D eigenvalue weighted by Gasteiger charge is -2.20. The quantitative estimate of drug-likeness (QED) is 0.801. The van der Waals surface area contributed by atoms with Crippen molar-refractivity contribution in [2.75, 3.05) is 18.8 Å². The van der Waals surface area contributed by atoms with E-state index in [1.807, 2.05) is 0 Å². The number of amides is 1. The molecule has 0 bridgehead atoms. The summed E-state index contributed by atoms with van der Waals surface area (Å²) >= 11 is 6.16. The zero-order valence-corrected chi connectivity index (χ0v) is 14.8. The fraction of sp³-hybridized carbons (Fsp3) is 0.294. The number of carbonyl (C=O) groups excluding carboxylic acids is 1. The normalized spacial score (nSPS) is 20.1. The summed E-state index contributed by atoms with van der Waals surface area (Å²) in [6.07, 6.45) is 2.52. The Hall–Kier alpha value is -1.99. The molecule has 8 heteroatoms. The summed E-state index contributed by atoms with van der Waals surface area (Å²) in [5.74, 6) is -1.21. The van der Waals surface area contributed by atoms with Crippen molar-refractivity contribution in [1.29, 1.82) is 0 Å². The van der Waals surface area contributed by atoms with Crippen LogP contribution >= 0.6 is 11.6 Å². The molecule has 1 saturated heterocycles. The molecule has 1 unspecified atom stereocenters. The molecule has 25 heavy (non-hydrogen) atoms. The number of nitrogens with zero attached hydrogens (tertiary/aromatic N) is 2. The highest BCUT2D eigenvalue weighted by Crippen LogP contribution is 2.34. The minimum Gasteiger partial charge on any atom is -0.338 e. The van der Waals surface area contributed by atoms with E-state index in [2.05, 4.69) is 4.98 Å². The molecule has 0 N–H and O–H groups in total. The lowest BCUT2D eigenvalue weighted by molar-refractivity contribution is 0.0765. The Morgan fingerprint density at radius 3 is 2.72 bits per heavy atom. The first kappa shape index (κ1) is 17.8.